The summed E-state index contributed by atoms with van der Waals surface area (Å²) in [6.07, 6.45) is 1.84. The molecule has 0 fully saturated rings. The lowest BCUT2D eigenvalue weighted by molar-refractivity contribution is -0.138. The van der Waals surface area contributed by atoms with Crippen LogP contribution in [0, 0.1) is 5.82 Å². The van der Waals surface area contributed by atoms with Crippen molar-refractivity contribution in [1.82, 2.24) is 10.2 Å². The van der Waals surface area contributed by atoms with Crippen molar-refractivity contribution >= 4 is 46.8 Å². The Morgan fingerprint density at radius 1 is 1.16 bits per heavy atom. The van der Waals surface area contributed by atoms with Crippen LogP contribution < -0.4 is 5.32 Å². The number of rotatable bonds is 11. The highest BCUT2D eigenvalue weighted by atomic mass is 35.5. The second-order valence-corrected chi connectivity index (χ2v) is 8.97. The molecule has 0 heterocycles. The van der Waals surface area contributed by atoms with Crippen molar-refractivity contribution in [3.8, 4) is 0 Å². The number of carbonyl (C=O) groups is 2. The number of carbonyl (C=O) groups excluding carboxylic acids is 2. The molecule has 2 rings (SSSR count). The van der Waals surface area contributed by atoms with Crippen LogP contribution in [0.5, 0.6) is 0 Å². The Bertz CT molecular complexity index is 898. The van der Waals surface area contributed by atoms with Crippen molar-refractivity contribution < 1.29 is 14.0 Å². The van der Waals surface area contributed by atoms with E-state index in [1.54, 1.807) is 43.3 Å². The number of unbranched alkanes of at least 4 members (excludes halogenated alkanes) is 1. The van der Waals surface area contributed by atoms with Crippen LogP contribution in [0.15, 0.2) is 42.5 Å². The molecule has 31 heavy (non-hydrogen) atoms. The second kappa shape index (κ2) is 12.9. The molecule has 8 heteroatoms. The predicted octanol–water partition coefficient (Wildman–Crippen LogP) is 5.70. The molecule has 1 N–H and O–H groups in total. The second-order valence-electron chi connectivity index (χ2n) is 7.17. The summed E-state index contributed by atoms with van der Waals surface area (Å²) in [4.78, 5) is 27.2. The van der Waals surface area contributed by atoms with Crippen molar-refractivity contribution in [3.63, 3.8) is 0 Å². The molecule has 2 aromatic carbocycles. The molecule has 0 saturated heterocycles. The molecule has 2 amide bonds. The summed E-state index contributed by atoms with van der Waals surface area (Å²) in [6, 6.07) is 11.0. The summed E-state index contributed by atoms with van der Waals surface area (Å²) in [7, 11) is 0. The summed E-state index contributed by atoms with van der Waals surface area (Å²) in [6.45, 7) is 4.54. The fourth-order valence-electron chi connectivity index (χ4n) is 2.90. The lowest BCUT2D eigenvalue weighted by Crippen LogP contribution is -2.48. The van der Waals surface area contributed by atoms with Gasteiger partial charge in [-0.2, -0.15) is 0 Å². The third-order valence-electron chi connectivity index (χ3n) is 4.77. The molecule has 1 atom stereocenters. The van der Waals surface area contributed by atoms with Crippen molar-refractivity contribution in [2.24, 2.45) is 0 Å². The first kappa shape index (κ1) is 25.5. The van der Waals surface area contributed by atoms with Gasteiger partial charge in [0.2, 0.25) is 11.8 Å². The van der Waals surface area contributed by atoms with Gasteiger partial charge in [-0.25, -0.2) is 4.39 Å². The molecule has 0 saturated carbocycles. The standard InChI is InChI=1S/C23H27Cl2FN2O2S/c1-3-4-11-27-23(30)16(2)28(13-17-9-10-19(24)20(25)12-17)22(29)15-31-14-18-7-5-6-8-21(18)26/h5-10,12,16H,3-4,11,13-15H2,1-2H3,(H,27,30)/t16-/m0/s1. The third-order valence-corrected chi connectivity index (χ3v) is 6.48. The zero-order valence-corrected chi connectivity index (χ0v) is 20.0. The molecule has 4 nitrogen and oxygen atoms in total. The number of nitrogens with zero attached hydrogens (tertiary/aromatic N) is 1. The smallest absolute Gasteiger partial charge is 0.242 e. The van der Waals surface area contributed by atoms with E-state index in [9.17, 15) is 14.0 Å². The van der Waals surface area contributed by atoms with E-state index in [2.05, 4.69) is 5.32 Å². The van der Waals surface area contributed by atoms with Crippen LogP contribution in [0.2, 0.25) is 10.0 Å². The van der Waals surface area contributed by atoms with E-state index in [1.807, 2.05) is 6.92 Å². The maximum absolute atomic E-state index is 13.8. The fraction of sp³-hybridized carbons (Fsp3) is 0.391. The summed E-state index contributed by atoms with van der Waals surface area (Å²) < 4.78 is 13.8. The van der Waals surface area contributed by atoms with E-state index in [0.29, 0.717) is 27.9 Å². The average molecular weight is 485 g/mol. The normalized spacial score (nSPS) is 11.8. The van der Waals surface area contributed by atoms with Crippen LogP contribution >= 0.6 is 35.0 Å². The molecule has 0 aliphatic carbocycles. The van der Waals surface area contributed by atoms with Crippen LogP contribution in [0.25, 0.3) is 0 Å². The minimum atomic E-state index is -0.659. The highest BCUT2D eigenvalue weighted by molar-refractivity contribution is 7.99. The summed E-state index contributed by atoms with van der Waals surface area (Å²) in [5.41, 5.74) is 1.32. The maximum Gasteiger partial charge on any atom is 0.242 e. The van der Waals surface area contributed by atoms with Gasteiger partial charge in [-0.05, 0) is 42.7 Å². The van der Waals surface area contributed by atoms with Crippen molar-refractivity contribution in [1.29, 1.82) is 0 Å². The van der Waals surface area contributed by atoms with Gasteiger partial charge in [-0.15, -0.1) is 11.8 Å². The van der Waals surface area contributed by atoms with Gasteiger partial charge in [0.1, 0.15) is 11.9 Å². The number of hydrogen-bond donors (Lipinski definition) is 1. The largest absolute Gasteiger partial charge is 0.354 e. The molecule has 0 aliphatic heterocycles. The Labute approximate surface area is 197 Å². The molecular weight excluding hydrogens is 458 g/mol. The average Bonchev–Trinajstić information content (AvgIpc) is 2.75. The number of halogens is 3. The number of thioether (sulfide) groups is 1. The minimum absolute atomic E-state index is 0.127. The van der Waals surface area contributed by atoms with E-state index >= 15 is 0 Å². The Morgan fingerprint density at radius 2 is 1.90 bits per heavy atom. The molecule has 2 aromatic rings. The Hall–Kier alpha value is -1.76. The predicted molar refractivity (Wildman–Crippen MR) is 127 cm³/mol. The van der Waals surface area contributed by atoms with Gasteiger partial charge in [-0.3, -0.25) is 9.59 Å². The van der Waals surface area contributed by atoms with Crippen molar-refractivity contribution in [3.05, 3.63) is 69.5 Å². The quantitative estimate of drug-likeness (QED) is 0.416. The molecule has 0 radical (unpaired) electrons. The van der Waals surface area contributed by atoms with Gasteiger partial charge in [0.05, 0.1) is 15.8 Å². The zero-order valence-electron chi connectivity index (χ0n) is 17.7. The molecule has 0 spiro atoms. The first-order valence-electron chi connectivity index (χ1n) is 10.2. The molecule has 0 bridgehead atoms. The Morgan fingerprint density at radius 3 is 2.58 bits per heavy atom. The van der Waals surface area contributed by atoms with E-state index < -0.39 is 6.04 Å². The van der Waals surface area contributed by atoms with Gasteiger partial charge in [-0.1, -0.05) is 60.8 Å². The van der Waals surface area contributed by atoms with E-state index in [0.717, 1.165) is 18.4 Å². The lowest BCUT2D eigenvalue weighted by atomic mass is 10.1. The van der Waals surface area contributed by atoms with Gasteiger partial charge in [0.25, 0.3) is 0 Å². The van der Waals surface area contributed by atoms with Gasteiger partial charge in [0.15, 0.2) is 0 Å². The highest BCUT2D eigenvalue weighted by Gasteiger charge is 2.26. The maximum atomic E-state index is 13.8. The lowest BCUT2D eigenvalue weighted by Gasteiger charge is -2.29. The van der Waals surface area contributed by atoms with E-state index in [4.69, 9.17) is 23.2 Å². The van der Waals surface area contributed by atoms with Gasteiger partial charge >= 0.3 is 0 Å². The fourth-order valence-corrected chi connectivity index (χ4v) is 4.12. The van der Waals surface area contributed by atoms with E-state index in [1.165, 1.54) is 22.7 Å². The van der Waals surface area contributed by atoms with Gasteiger partial charge < -0.3 is 10.2 Å². The molecule has 168 valence electrons. The summed E-state index contributed by atoms with van der Waals surface area (Å²) in [5.74, 6) is -0.205. The topological polar surface area (TPSA) is 49.4 Å². The number of benzene rings is 2. The highest BCUT2D eigenvalue weighted by Crippen LogP contribution is 2.24. The van der Waals surface area contributed by atoms with Crippen molar-refractivity contribution in [2.45, 2.75) is 45.0 Å². The Balaban J connectivity index is 2.09. The molecule has 0 aliphatic rings. The summed E-state index contributed by atoms with van der Waals surface area (Å²) in [5, 5.41) is 3.69. The number of nitrogens with one attached hydrogen (secondary N) is 1. The van der Waals surface area contributed by atoms with Crippen LogP contribution in [0.1, 0.15) is 37.8 Å². The number of hydrogen-bond acceptors (Lipinski definition) is 3. The zero-order chi connectivity index (χ0) is 22.8. The van der Waals surface area contributed by atoms with Crippen molar-refractivity contribution in [2.75, 3.05) is 12.3 Å². The first-order chi connectivity index (χ1) is 14.8. The third kappa shape index (κ3) is 8.02. The van der Waals surface area contributed by atoms with Crippen LogP contribution in [0.4, 0.5) is 4.39 Å². The molecule has 0 aromatic heterocycles. The van der Waals surface area contributed by atoms with Gasteiger partial charge in [0, 0.05) is 18.8 Å². The monoisotopic (exact) mass is 484 g/mol. The summed E-state index contributed by atoms with van der Waals surface area (Å²) >= 11 is 13.4. The number of amides is 2. The van der Waals surface area contributed by atoms with E-state index in [-0.39, 0.29) is 29.9 Å². The van der Waals surface area contributed by atoms with Crippen LogP contribution in [-0.4, -0.2) is 35.1 Å². The van der Waals surface area contributed by atoms with Crippen LogP contribution in [-0.2, 0) is 21.9 Å². The Kier molecular flexibility index (Phi) is 10.6. The van der Waals surface area contributed by atoms with Crippen LogP contribution in [0.3, 0.4) is 0 Å². The molecular formula is C23H27Cl2FN2O2S. The molecule has 0 unspecified atom stereocenters. The first-order valence-corrected chi connectivity index (χ1v) is 12.1. The SMILES string of the molecule is CCCCNC(=O)[C@H](C)N(Cc1ccc(Cl)c(Cl)c1)C(=O)CSCc1ccccc1F. The minimum Gasteiger partial charge on any atom is -0.354 e.